The first-order chi connectivity index (χ1) is 15.2. The van der Waals surface area contributed by atoms with Crippen molar-refractivity contribution in [3.8, 4) is 0 Å². The highest BCUT2D eigenvalue weighted by molar-refractivity contribution is 5.73. The Hall–Kier alpha value is -1.57. The Labute approximate surface area is 190 Å². The standard InChI is InChI=1S/C25H38F2N2O3/c1-3-18(2)23(24(30)31)29-12-8-20(17-29)16-28-13-10-25(32,11-14-28)9-4-5-19-6-7-21(26)22(27)15-19/h6-7,15,18,20,23,32H,3-5,8-14,16-17H2,1-2H3,(H,30,31). The molecule has 3 unspecified atom stereocenters. The molecule has 3 atom stereocenters. The van der Waals surface area contributed by atoms with Crippen LogP contribution in [0.1, 0.15) is 57.9 Å². The molecular formula is C25H38F2N2O3. The molecular weight excluding hydrogens is 414 g/mol. The van der Waals surface area contributed by atoms with E-state index < -0.39 is 29.2 Å². The smallest absolute Gasteiger partial charge is 0.321 e. The Kier molecular flexibility index (Phi) is 8.64. The molecule has 32 heavy (non-hydrogen) atoms. The van der Waals surface area contributed by atoms with Crippen molar-refractivity contribution < 1.29 is 23.8 Å². The number of nitrogens with zero attached hydrogens (tertiary/aromatic N) is 2. The zero-order valence-corrected chi connectivity index (χ0v) is 19.4. The first-order valence-corrected chi connectivity index (χ1v) is 12.1. The van der Waals surface area contributed by atoms with E-state index in [4.69, 9.17) is 0 Å². The molecule has 0 bridgehead atoms. The number of halogens is 2. The van der Waals surface area contributed by atoms with Crippen LogP contribution in [0.3, 0.4) is 0 Å². The van der Waals surface area contributed by atoms with Crippen molar-refractivity contribution in [2.75, 3.05) is 32.7 Å². The fraction of sp³-hybridized carbons (Fsp3) is 0.720. The summed E-state index contributed by atoms with van der Waals surface area (Å²) in [7, 11) is 0. The number of carbonyl (C=O) groups is 1. The number of aliphatic carboxylic acids is 1. The lowest BCUT2D eigenvalue weighted by atomic mass is 9.85. The number of carboxylic acid groups (broad SMARTS) is 1. The summed E-state index contributed by atoms with van der Waals surface area (Å²) < 4.78 is 26.4. The number of aliphatic hydroxyl groups is 1. The highest BCUT2D eigenvalue weighted by atomic mass is 19.2. The summed E-state index contributed by atoms with van der Waals surface area (Å²) in [5.41, 5.74) is 0.0645. The van der Waals surface area contributed by atoms with E-state index in [-0.39, 0.29) is 5.92 Å². The second kappa shape index (κ2) is 11.0. The number of rotatable bonds is 10. The van der Waals surface area contributed by atoms with Gasteiger partial charge in [-0.3, -0.25) is 9.69 Å². The molecule has 2 N–H and O–H groups in total. The Bertz CT molecular complexity index is 768. The van der Waals surface area contributed by atoms with E-state index in [0.717, 1.165) is 63.6 Å². The van der Waals surface area contributed by atoms with Gasteiger partial charge in [-0.2, -0.15) is 0 Å². The molecule has 180 valence electrons. The maximum Gasteiger partial charge on any atom is 0.321 e. The van der Waals surface area contributed by atoms with E-state index in [1.807, 2.05) is 13.8 Å². The molecule has 0 amide bonds. The molecule has 1 aromatic carbocycles. The summed E-state index contributed by atoms with van der Waals surface area (Å²) in [4.78, 5) is 16.3. The summed E-state index contributed by atoms with van der Waals surface area (Å²) in [6.07, 6.45) is 5.34. The molecule has 0 saturated carbocycles. The lowest BCUT2D eigenvalue weighted by Crippen LogP contribution is -2.47. The number of benzene rings is 1. The molecule has 0 aromatic heterocycles. The van der Waals surface area contributed by atoms with Crippen molar-refractivity contribution >= 4 is 5.97 Å². The third-order valence-electron chi connectivity index (χ3n) is 7.54. The first-order valence-electron chi connectivity index (χ1n) is 12.1. The number of carboxylic acids is 1. The monoisotopic (exact) mass is 452 g/mol. The molecule has 2 aliphatic heterocycles. The van der Waals surface area contributed by atoms with Crippen LogP contribution in [0.5, 0.6) is 0 Å². The van der Waals surface area contributed by atoms with Crippen LogP contribution in [0.4, 0.5) is 8.78 Å². The van der Waals surface area contributed by atoms with Gasteiger partial charge in [0, 0.05) is 26.2 Å². The van der Waals surface area contributed by atoms with E-state index in [2.05, 4.69) is 9.80 Å². The zero-order chi connectivity index (χ0) is 23.3. The average Bonchev–Trinajstić information content (AvgIpc) is 3.20. The highest BCUT2D eigenvalue weighted by Crippen LogP contribution is 2.30. The SMILES string of the molecule is CCC(C)C(C(=O)O)N1CCC(CN2CCC(O)(CCCc3ccc(F)c(F)c3)CC2)C1. The van der Waals surface area contributed by atoms with Crippen LogP contribution in [0.15, 0.2) is 18.2 Å². The van der Waals surface area contributed by atoms with Crippen LogP contribution < -0.4 is 0 Å². The molecule has 2 aliphatic rings. The maximum atomic E-state index is 13.3. The third kappa shape index (κ3) is 6.49. The summed E-state index contributed by atoms with van der Waals surface area (Å²) >= 11 is 0. The number of aryl methyl sites for hydroxylation is 1. The van der Waals surface area contributed by atoms with E-state index >= 15 is 0 Å². The van der Waals surface area contributed by atoms with E-state index in [1.54, 1.807) is 6.07 Å². The number of hydrogen-bond acceptors (Lipinski definition) is 4. The van der Waals surface area contributed by atoms with Crippen molar-refractivity contribution in [2.45, 2.75) is 70.4 Å². The van der Waals surface area contributed by atoms with Gasteiger partial charge in [0.05, 0.1) is 5.60 Å². The highest BCUT2D eigenvalue weighted by Gasteiger charge is 2.37. The van der Waals surface area contributed by atoms with Crippen LogP contribution in [-0.2, 0) is 11.2 Å². The Morgan fingerprint density at radius 2 is 1.94 bits per heavy atom. The summed E-state index contributed by atoms with van der Waals surface area (Å²) in [5, 5.41) is 20.6. The molecule has 0 aliphatic carbocycles. The zero-order valence-electron chi connectivity index (χ0n) is 19.4. The van der Waals surface area contributed by atoms with Crippen LogP contribution in [0.25, 0.3) is 0 Å². The van der Waals surface area contributed by atoms with Gasteiger partial charge in [-0.1, -0.05) is 26.3 Å². The van der Waals surface area contributed by atoms with E-state index in [0.29, 0.717) is 31.6 Å². The van der Waals surface area contributed by atoms with Crippen molar-refractivity contribution in [1.29, 1.82) is 0 Å². The van der Waals surface area contributed by atoms with Gasteiger partial charge in [-0.15, -0.1) is 0 Å². The molecule has 7 heteroatoms. The van der Waals surface area contributed by atoms with Crippen molar-refractivity contribution in [3.63, 3.8) is 0 Å². The Morgan fingerprint density at radius 1 is 1.22 bits per heavy atom. The van der Waals surface area contributed by atoms with Gasteiger partial charge in [-0.05, 0) is 74.6 Å². The largest absolute Gasteiger partial charge is 0.480 e. The number of piperidine rings is 1. The minimum absolute atomic E-state index is 0.141. The second-order valence-electron chi connectivity index (χ2n) is 9.95. The fourth-order valence-electron chi connectivity index (χ4n) is 5.33. The van der Waals surface area contributed by atoms with Gasteiger partial charge in [0.15, 0.2) is 11.6 Å². The molecule has 2 heterocycles. The predicted molar refractivity (Wildman–Crippen MR) is 120 cm³/mol. The van der Waals surface area contributed by atoms with E-state index in [9.17, 15) is 23.8 Å². The molecule has 2 saturated heterocycles. The van der Waals surface area contributed by atoms with Gasteiger partial charge in [0.2, 0.25) is 0 Å². The molecule has 1 aromatic rings. The minimum Gasteiger partial charge on any atom is -0.480 e. The average molecular weight is 453 g/mol. The van der Waals surface area contributed by atoms with Crippen LogP contribution >= 0.6 is 0 Å². The van der Waals surface area contributed by atoms with Gasteiger partial charge < -0.3 is 15.1 Å². The lowest BCUT2D eigenvalue weighted by molar-refractivity contribution is -0.145. The lowest BCUT2D eigenvalue weighted by Gasteiger charge is -2.39. The van der Waals surface area contributed by atoms with Crippen molar-refractivity contribution in [3.05, 3.63) is 35.4 Å². The molecule has 0 spiro atoms. The van der Waals surface area contributed by atoms with Crippen LogP contribution in [0.2, 0.25) is 0 Å². The van der Waals surface area contributed by atoms with Crippen LogP contribution in [-0.4, -0.2) is 70.3 Å². The second-order valence-corrected chi connectivity index (χ2v) is 9.95. The molecule has 5 nitrogen and oxygen atoms in total. The summed E-state index contributed by atoms with van der Waals surface area (Å²) in [6.45, 7) is 8.36. The van der Waals surface area contributed by atoms with Gasteiger partial charge in [0.1, 0.15) is 6.04 Å². The fourth-order valence-corrected chi connectivity index (χ4v) is 5.33. The predicted octanol–water partition coefficient (Wildman–Crippen LogP) is 3.94. The van der Waals surface area contributed by atoms with Crippen molar-refractivity contribution in [2.24, 2.45) is 11.8 Å². The number of likely N-dealkylation sites (tertiary alicyclic amines) is 2. The van der Waals surface area contributed by atoms with Crippen LogP contribution in [0, 0.1) is 23.5 Å². The quantitative estimate of drug-likeness (QED) is 0.563. The topological polar surface area (TPSA) is 64.0 Å². The third-order valence-corrected chi connectivity index (χ3v) is 7.54. The van der Waals surface area contributed by atoms with E-state index in [1.165, 1.54) is 6.07 Å². The van der Waals surface area contributed by atoms with Gasteiger partial charge in [0.25, 0.3) is 0 Å². The maximum absolute atomic E-state index is 13.3. The normalized spacial score (nSPS) is 23.8. The molecule has 0 radical (unpaired) electrons. The molecule has 3 rings (SSSR count). The van der Waals surface area contributed by atoms with Crippen molar-refractivity contribution in [1.82, 2.24) is 9.80 Å². The molecule has 2 fully saturated rings. The van der Waals surface area contributed by atoms with Gasteiger partial charge in [-0.25, -0.2) is 8.78 Å². The Morgan fingerprint density at radius 3 is 2.56 bits per heavy atom. The number of hydrogen-bond donors (Lipinski definition) is 2. The van der Waals surface area contributed by atoms with Gasteiger partial charge >= 0.3 is 5.97 Å². The first kappa shape index (κ1) is 25.1. The minimum atomic E-state index is -0.830. The summed E-state index contributed by atoms with van der Waals surface area (Å²) in [5.74, 6) is -1.75. The Balaban J connectivity index is 1.40. The summed E-state index contributed by atoms with van der Waals surface area (Å²) in [6, 6.07) is 3.60.